The molecule has 1 heterocycles. The number of carbonyl (C=O) groups is 1. The van der Waals surface area contributed by atoms with Crippen molar-refractivity contribution in [3.8, 4) is 0 Å². The van der Waals surface area contributed by atoms with Crippen LogP contribution in [0, 0.1) is 0 Å². The van der Waals surface area contributed by atoms with Crippen molar-refractivity contribution in [3.63, 3.8) is 0 Å². The van der Waals surface area contributed by atoms with Crippen LogP contribution in [0.5, 0.6) is 0 Å². The number of unbranched alkanes of at least 4 members (excludes halogenated alkanes) is 1. The Bertz CT molecular complexity index is 576. The van der Waals surface area contributed by atoms with E-state index in [1.165, 1.54) is 18.4 Å². The topological polar surface area (TPSA) is 55.1 Å². The lowest BCUT2D eigenvalue weighted by atomic mass is 10.0. The van der Waals surface area contributed by atoms with Gasteiger partial charge in [0.2, 0.25) is 5.91 Å². The quantitative estimate of drug-likeness (QED) is 0.819. The van der Waals surface area contributed by atoms with Gasteiger partial charge in [0.05, 0.1) is 12.1 Å². The minimum absolute atomic E-state index is 0.126. The molecule has 0 radical (unpaired) electrons. The Balaban J connectivity index is 2.19. The number of nitrogens with two attached hydrogens (primary N) is 1. The predicted molar refractivity (Wildman–Crippen MR) is 93.0 cm³/mol. The van der Waals surface area contributed by atoms with Gasteiger partial charge in [-0.3, -0.25) is 4.79 Å². The molecule has 2 rings (SSSR count). The summed E-state index contributed by atoms with van der Waals surface area (Å²) in [5.41, 5.74) is 8.12. The van der Waals surface area contributed by atoms with Gasteiger partial charge in [-0.25, -0.2) is 0 Å². The second-order valence-corrected chi connectivity index (χ2v) is 6.57. The highest BCUT2D eigenvalue weighted by Gasteiger charge is 2.19. The zero-order valence-electron chi connectivity index (χ0n) is 13.2. The number of nitrogens with one attached hydrogen (secondary N) is 1. The van der Waals surface area contributed by atoms with E-state index < -0.39 is 6.04 Å². The molecule has 0 aliphatic carbocycles. The van der Waals surface area contributed by atoms with Crippen molar-refractivity contribution >= 4 is 17.2 Å². The Morgan fingerprint density at radius 1 is 1.27 bits per heavy atom. The predicted octanol–water partition coefficient (Wildman–Crippen LogP) is 3.64. The number of carbonyl (C=O) groups excluding carboxylic acids is 1. The number of benzene rings is 1. The van der Waals surface area contributed by atoms with Crippen LogP contribution < -0.4 is 11.1 Å². The van der Waals surface area contributed by atoms with Gasteiger partial charge in [0, 0.05) is 4.88 Å². The normalized spacial score (nSPS) is 13.6. The third-order valence-electron chi connectivity index (χ3n) is 3.66. The zero-order chi connectivity index (χ0) is 15.9. The second-order valence-electron chi connectivity index (χ2n) is 5.59. The highest BCUT2D eigenvalue weighted by atomic mass is 32.1. The number of aryl methyl sites for hydroxylation is 1. The number of hydrogen-bond acceptors (Lipinski definition) is 3. The average Bonchev–Trinajstić information content (AvgIpc) is 3.05. The van der Waals surface area contributed by atoms with Gasteiger partial charge in [-0.1, -0.05) is 43.7 Å². The molecule has 0 aliphatic heterocycles. The molecule has 0 saturated heterocycles. The highest BCUT2D eigenvalue weighted by molar-refractivity contribution is 7.10. The molecule has 1 amide bonds. The molecule has 0 saturated carbocycles. The fourth-order valence-corrected chi connectivity index (χ4v) is 3.11. The van der Waals surface area contributed by atoms with Gasteiger partial charge in [0.15, 0.2) is 0 Å². The molecule has 3 N–H and O–H groups in total. The number of thiophene rings is 1. The summed E-state index contributed by atoms with van der Waals surface area (Å²) < 4.78 is 0. The lowest BCUT2D eigenvalue weighted by Gasteiger charge is -2.19. The molecule has 2 aromatic rings. The first-order chi connectivity index (χ1) is 10.6. The van der Waals surface area contributed by atoms with E-state index in [0.717, 1.165) is 16.9 Å². The molecule has 3 nitrogen and oxygen atoms in total. The largest absolute Gasteiger partial charge is 0.343 e. The van der Waals surface area contributed by atoms with Gasteiger partial charge < -0.3 is 11.1 Å². The first kappa shape index (κ1) is 16.7. The molecule has 0 bridgehead atoms. The van der Waals surface area contributed by atoms with E-state index in [2.05, 4.69) is 36.5 Å². The van der Waals surface area contributed by atoms with Crippen LogP contribution in [0.15, 0.2) is 41.8 Å². The summed E-state index contributed by atoms with van der Waals surface area (Å²) in [6.45, 7) is 3.90. The van der Waals surface area contributed by atoms with E-state index in [4.69, 9.17) is 5.73 Å². The van der Waals surface area contributed by atoms with Crippen LogP contribution in [0.4, 0.5) is 0 Å². The van der Waals surface area contributed by atoms with Crippen molar-refractivity contribution in [1.29, 1.82) is 0 Å². The lowest BCUT2D eigenvalue weighted by Crippen LogP contribution is -2.40. The Kier molecular flexibility index (Phi) is 6.16. The average molecular weight is 316 g/mol. The number of amides is 1. The summed E-state index contributed by atoms with van der Waals surface area (Å²) in [4.78, 5) is 13.1. The fraction of sp³-hybridized carbons (Fsp3) is 0.389. The zero-order valence-corrected chi connectivity index (χ0v) is 14.0. The summed E-state index contributed by atoms with van der Waals surface area (Å²) in [6.07, 6.45) is 3.51. The van der Waals surface area contributed by atoms with Gasteiger partial charge in [0.25, 0.3) is 0 Å². The van der Waals surface area contributed by atoms with Crippen LogP contribution in [-0.2, 0) is 11.2 Å². The molecule has 22 heavy (non-hydrogen) atoms. The Morgan fingerprint density at radius 3 is 2.55 bits per heavy atom. The van der Waals surface area contributed by atoms with Gasteiger partial charge in [-0.15, -0.1) is 11.3 Å². The van der Waals surface area contributed by atoms with E-state index in [-0.39, 0.29) is 11.9 Å². The Morgan fingerprint density at radius 2 is 2.00 bits per heavy atom. The van der Waals surface area contributed by atoms with Crippen molar-refractivity contribution in [2.75, 3.05) is 0 Å². The summed E-state index contributed by atoms with van der Waals surface area (Å²) >= 11 is 1.64. The smallest absolute Gasteiger partial charge is 0.237 e. The van der Waals surface area contributed by atoms with Crippen molar-refractivity contribution < 1.29 is 4.79 Å². The van der Waals surface area contributed by atoms with E-state index in [9.17, 15) is 4.79 Å². The van der Waals surface area contributed by atoms with Gasteiger partial charge in [-0.2, -0.15) is 0 Å². The fourth-order valence-electron chi connectivity index (χ4n) is 2.31. The first-order valence-corrected chi connectivity index (χ1v) is 8.68. The number of hydrogen-bond donors (Lipinski definition) is 2. The summed E-state index contributed by atoms with van der Waals surface area (Å²) in [6, 6.07) is 11.9. The van der Waals surface area contributed by atoms with Crippen LogP contribution in [0.25, 0.3) is 0 Å². The molecule has 118 valence electrons. The van der Waals surface area contributed by atoms with Crippen molar-refractivity contribution in [2.45, 2.75) is 45.2 Å². The van der Waals surface area contributed by atoms with Crippen molar-refractivity contribution in [1.82, 2.24) is 5.32 Å². The molecule has 1 aromatic heterocycles. The molecular weight excluding hydrogens is 292 g/mol. The van der Waals surface area contributed by atoms with E-state index >= 15 is 0 Å². The second kappa shape index (κ2) is 8.11. The molecule has 4 heteroatoms. The van der Waals surface area contributed by atoms with E-state index in [1.54, 1.807) is 18.3 Å². The van der Waals surface area contributed by atoms with E-state index in [1.807, 2.05) is 17.5 Å². The molecule has 2 atom stereocenters. The Labute approximate surface area is 136 Å². The maximum atomic E-state index is 12.0. The summed E-state index contributed by atoms with van der Waals surface area (Å²) in [5.74, 6) is -0.131. The van der Waals surface area contributed by atoms with Gasteiger partial charge in [-0.05, 0) is 42.3 Å². The van der Waals surface area contributed by atoms with Crippen LogP contribution in [-0.4, -0.2) is 11.9 Å². The van der Waals surface area contributed by atoms with E-state index in [0.29, 0.717) is 0 Å². The maximum absolute atomic E-state index is 12.0. The SMILES string of the molecule is CCCCc1ccc(C(NC(=O)[C@H](C)N)c2cccs2)cc1. The van der Waals surface area contributed by atoms with Gasteiger partial charge in [0.1, 0.15) is 0 Å². The summed E-state index contributed by atoms with van der Waals surface area (Å²) in [5, 5.41) is 5.07. The molecule has 0 fully saturated rings. The monoisotopic (exact) mass is 316 g/mol. The molecular formula is C18H24N2OS. The molecule has 1 unspecified atom stereocenters. The van der Waals surface area contributed by atoms with Crippen LogP contribution in [0.2, 0.25) is 0 Å². The third-order valence-corrected chi connectivity index (χ3v) is 4.60. The van der Waals surface area contributed by atoms with Crippen molar-refractivity contribution in [2.24, 2.45) is 5.73 Å². The molecule has 0 aliphatic rings. The van der Waals surface area contributed by atoms with Crippen LogP contribution in [0.1, 0.15) is 48.7 Å². The molecule has 0 spiro atoms. The molecule has 1 aromatic carbocycles. The van der Waals surface area contributed by atoms with Crippen molar-refractivity contribution in [3.05, 3.63) is 57.8 Å². The number of rotatable bonds is 7. The lowest BCUT2D eigenvalue weighted by molar-refractivity contribution is -0.122. The van der Waals surface area contributed by atoms with Crippen LogP contribution >= 0.6 is 11.3 Å². The standard InChI is InChI=1S/C18H24N2OS/c1-3-4-6-14-8-10-15(11-9-14)17(16-7-5-12-22-16)20-18(21)13(2)19/h5,7-13,17H,3-4,6,19H2,1-2H3,(H,20,21)/t13-,17?/m0/s1. The minimum atomic E-state index is -0.508. The minimum Gasteiger partial charge on any atom is -0.343 e. The summed E-state index contributed by atoms with van der Waals surface area (Å²) in [7, 11) is 0. The highest BCUT2D eigenvalue weighted by Crippen LogP contribution is 2.26. The maximum Gasteiger partial charge on any atom is 0.237 e. The first-order valence-electron chi connectivity index (χ1n) is 7.80. The van der Waals surface area contributed by atoms with Crippen LogP contribution in [0.3, 0.4) is 0 Å². The third kappa shape index (κ3) is 4.42. The van der Waals surface area contributed by atoms with Gasteiger partial charge >= 0.3 is 0 Å². The Hall–Kier alpha value is -1.65.